The zero-order valence-electron chi connectivity index (χ0n) is 15.8. The molecule has 6 heteroatoms. The number of piperazine rings is 1. The first-order valence-electron chi connectivity index (χ1n) is 9.39. The van der Waals surface area contributed by atoms with Crippen molar-refractivity contribution in [3.63, 3.8) is 0 Å². The van der Waals surface area contributed by atoms with Crippen LogP contribution in [0, 0.1) is 5.41 Å². The van der Waals surface area contributed by atoms with Gasteiger partial charge in [-0.3, -0.25) is 9.69 Å². The molecule has 2 rings (SSSR count). The van der Waals surface area contributed by atoms with Crippen LogP contribution >= 0.6 is 0 Å². The predicted molar refractivity (Wildman–Crippen MR) is 95.9 cm³/mol. The smallest absolute Gasteiger partial charge is 0.317 e. The highest BCUT2D eigenvalue weighted by Crippen LogP contribution is 2.19. The lowest BCUT2D eigenvalue weighted by molar-refractivity contribution is -0.140. The fourth-order valence-corrected chi connectivity index (χ4v) is 3.61. The molecule has 0 aromatic rings. The highest BCUT2D eigenvalue weighted by molar-refractivity contribution is 5.82. The molecular formula is C18H34N4O2. The number of piperidine rings is 1. The van der Waals surface area contributed by atoms with Gasteiger partial charge in [-0.15, -0.1) is 0 Å². The molecule has 6 nitrogen and oxygen atoms in total. The van der Waals surface area contributed by atoms with Crippen molar-refractivity contribution < 1.29 is 9.59 Å². The quantitative estimate of drug-likeness (QED) is 0.853. The van der Waals surface area contributed by atoms with Crippen molar-refractivity contribution in [3.8, 4) is 0 Å². The van der Waals surface area contributed by atoms with Crippen LogP contribution in [0.15, 0.2) is 0 Å². The summed E-state index contributed by atoms with van der Waals surface area (Å²) in [5, 5.41) is 3.10. The second kappa shape index (κ2) is 8.19. The fraction of sp³-hybridized carbons (Fsp3) is 0.889. The van der Waals surface area contributed by atoms with Crippen LogP contribution < -0.4 is 5.32 Å². The summed E-state index contributed by atoms with van der Waals surface area (Å²) in [5.41, 5.74) is -0.352. The second-order valence-corrected chi connectivity index (χ2v) is 7.99. The number of rotatable bonds is 3. The summed E-state index contributed by atoms with van der Waals surface area (Å²) in [5.74, 6) is 0.170. The maximum absolute atomic E-state index is 12.4. The summed E-state index contributed by atoms with van der Waals surface area (Å²) < 4.78 is 0. The molecule has 1 atom stereocenters. The molecule has 1 N–H and O–H groups in total. The standard InChI is InChI=1S/C18H34N4O2/c1-5-20-9-7-6-8-15(20)14-19-17(24)22-12-10-21(11-13-22)16(23)18(2,3)4/h15H,5-14H2,1-4H3,(H,19,24)/t15-/m0/s1. The Balaban J connectivity index is 1.75. The maximum Gasteiger partial charge on any atom is 0.317 e. The molecule has 0 unspecified atom stereocenters. The SMILES string of the molecule is CCN1CCCC[C@H]1CNC(=O)N1CCN(C(=O)C(C)(C)C)CC1. The molecule has 2 saturated heterocycles. The van der Waals surface area contributed by atoms with Crippen molar-refractivity contribution in [3.05, 3.63) is 0 Å². The minimum absolute atomic E-state index is 0.0134. The van der Waals surface area contributed by atoms with E-state index in [4.69, 9.17) is 0 Å². The molecule has 0 aromatic heterocycles. The zero-order valence-corrected chi connectivity index (χ0v) is 15.8. The highest BCUT2D eigenvalue weighted by Gasteiger charge is 2.31. The molecule has 3 amide bonds. The van der Waals surface area contributed by atoms with Crippen molar-refractivity contribution in [2.24, 2.45) is 5.41 Å². The summed E-state index contributed by atoms with van der Waals surface area (Å²) in [6.45, 7) is 13.4. The van der Waals surface area contributed by atoms with Crippen LogP contribution in [-0.4, -0.2) is 78.5 Å². The number of hydrogen-bond acceptors (Lipinski definition) is 3. The van der Waals surface area contributed by atoms with E-state index >= 15 is 0 Å². The molecular weight excluding hydrogens is 304 g/mol. The van der Waals surface area contributed by atoms with Crippen molar-refractivity contribution in [2.75, 3.05) is 45.8 Å². The number of nitrogens with one attached hydrogen (secondary N) is 1. The monoisotopic (exact) mass is 338 g/mol. The number of likely N-dealkylation sites (N-methyl/N-ethyl adjacent to an activating group) is 1. The largest absolute Gasteiger partial charge is 0.339 e. The van der Waals surface area contributed by atoms with Crippen molar-refractivity contribution >= 4 is 11.9 Å². The van der Waals surface area contributed by atoms with Crippen molar-refractivity contribution in [1.29, 1.82) is 0 Å². The lowest BCUT2D eigenvalue weighted by Gasteiger charge is -2.38. The Bertz CT molecular complexity index is 439. The molecule has 0 spiro atoms. The van der Waals surface area contributed by atoms with Gasteiger partial charge in [-0.2, -0.15) is 0 Å². The zero-order chi connectivity index (χ0) is 17.7. The molecule has 0 aliphatic carbocycles. The van der Waals surface area contributed by atoms with Gasteiger partial charge in [0.1, 0.15) is 0 Å². The van der Waals surface area contributed by atoms with Gasteiger partial charge >= 0.3 is 6.03 Å². The number of likely N-dealkylation sites (tertiary alicyclic amines) is 1. The van der Waals surface area contributed by atoms with Crippen LogP contribution in [0.5, 0.6) is 0 Å². The summed E-state index contributed by atoms with van der Waals surface area (Å²) in [6, 6.07) is 0.482. The van der Waals surface area contributed by atoms with E-state index in [0.717, 1.165) is 19.6 Å². The summed E-state index contributed by atoms with van der Waals surface area (Å²) in [6.07, 6.45) is 3.69. The fourth-order valence-electron chi connectivity index (χ4n) is 3.61. The number of hydrogen-bond donors (Lipinski definition) is 1. The van der Waals surface area contributed by atoms with Crippen molar-refractivity contribution in [2.45, 2.75) is 53.0 Å². The first-order valence-corrected chi connectivity index (χ1v) is 9.39. The predicted octanol–water partition coefficient (Wildman–Crippen LogP) is 1.76. The number of urea groups is 1. The maximum atomic E-state index is 12.4. The number of nitrogens with zero attached hydrogens (tertiary/aromatic N) is 3. The van der Waals surface area contributed by atoms with Crippen LogP contribution in [0.1, 0.15) is 47.0 Å². The van der Waals surface area contributed by atoms with Gasteiger partial charge in [0.25, 0.3) is 0 Å². The Hall–Kier alpha value is -1.30. The van der Waals surface area contributed by atoms with Crippen LogP contribution in [0.3, 0.4) is 0 Å². The van der Waals surface area contributed by atoms with Gasteiger partial charge in [0.05, 0.1) is 0 Å². The Morgan fingerprint density at radius 2 is 1.62 bits per heavy atom. The van der Waals surface area contributed by atoms with E-state index in [0.29, 0.717) is 32.2 Å². The molecule has 2 heterocycles. The Morgan fingerprint density at radius 1 is 1.00 bits per heavy atom. The van der Waals surface area contributed by atoms with Crippen molar-refractivity contribution in [1.82, 2.24) is 20.0 Å². The lowest BCUT2D eigenvalue weighted by Crippen LogP contribution is -2.56. The van der Waals surface area contributed by atoms with E-state index in [2.05, 4.69) is 17.1 Å². The van der Waals surface area contributed by atoms with E-state index in [1.54, 1.807) is 0 Å². The van der Waals surface area contributed by atoms with E-state index in [9.17, 15) is 9.59 Å². The average Bonchev–Trinajstić information content (AvgIpc) is 2.58. The van der Waals surface area contributed by atoms with Crippen LogP contribution in [0.4, 0.5) is 4.79 Å². The molecule has 2 aliphatic heterocycles. The van der Waals surface area contributed by atoms with Crippen LogP contribution in [-0.2, 0) is 4.79 Å². The summed E-state index contributed by atoms with van der Waals surface area (Å²) in [4.78, 5) is 30.9. The molecule has 138 valence electrons. The summed E-state index contributed by atoms with van der Waals surface area (Å²) in [7, 11) is 0. The van der Waals surface area contributed by atoms with Gasteiger partial charge in [-0.25, -0.2) is 4.79 Å². The summed E-state index contributed by atoms with van der Waals surface area (Å²) >= 11 is 0. The van der Waals surface area contributed by atoms with Crippen LogP contribution in [0.25, 0.3) is 0 Å². The van der Waals surface area contributed by atoms with E-state index in [1.165, 1.54) is 19.3 Å². The molecule has 0 saturated carbocycles. The van der Waals surface area contributed by atoms with Gasteiger partial charge in [0, 0.05) is 44.2 Å². The first kappa shape index (κ1) is 19.0. The molecule has 0 aromatic carbocycles. The number of amides is 3. The normalized spacial score (nSPS) is 23.2. The molecule has 0 radical (unpaired) electrons. The average molecular weight is 338 g/mol. The second-order valence-electron chi connectivity index (χ2n) is 7.99. The molecule has 0 bridgehead atoms. The third kappa shape index (κ3) is 4.85. The lowest BCUT2D eigenvalue weighted by atomic mass is 9.94. The Kier molecular flexibility index (Phi) is 6.49. The van der Waals surface area contributed by atoms with Gasteiger partial charge < -0.3 is 15.1 Å². The third-order valence-corrected chi connectivity index (χ3v) is 5.14. The molecule has 2 aliphatic rings. The topological polar surface area (TPSA) is 55.9 Å². The Morgan fingerprint density at radius 3 is 2.21 bits per heavy atom. The van der Waals surface area contributed by atoms with Gasteiger partial charge in [0.2, 0.25) is 5.91 Å². The highest BCUT2D eigenvalue weighted by atomic mass is 16.2. The third-order valence-electron chi connectivity index (χ3n) is 5.14. The van der Waals surface area contributed by atoms with Crippen LogP contribution in [0.2, 0.25) is 0 Å². The Labute approximate surface area is 146 Å². The molecule has 2 fully saturated rings. The van der Waals surface area contributed by atoms with Gasteiger partial charge in [-0.05, 0) is 25.9 Å². The first-order chi connectivity index (χ1) is 11.3. The minimum atomic E-state index is -0.352. The van der Waals surface area contributed by atoms with E-state index < -0.39 is 0 Å². The van der Waals surface area contributed by atoms with Gasteiger partial charge in [-0.1, -0.05) is 34.1 Å². The number of carbonyl (C=O) groups excluding carboxylic acids is 2. The van der Waals surface area contributed by atoms with E-state index in [1.807, 2.05) is 30.6 Å². The van der Waals surface area contributed by atoms with E-state index in [-0.39, 0.29) is 17.4 Å². The number of carbonyl (C=O) groups is 2. The van der Waals surface area contributed by atoms with Gasteiger partial charge in [0.15, 0.2) is 0 Å². The molecule has 24 heavy (non-hydrogen) atoms. The minimum Gasteiger partial charge on any atom is -0.339 e.